The van der Waals surface area contributed by atoms with Crippen molar-refractivity contribution in [2.75, 3.05) is 18.0 Å². The second kappa shape index (κ2) is 8.18. The summed E-state index contributed by atoms with van der Waals surface area (Å²) in [4.78, 5) is 37.9. The van der Waals surface area contributed by atoms with Gasteiger partial charge >= 0.3 is 0 Å². The molecule has 1 aromatic carbocycles. The molecule has 8 heteroatoms. The molecule has 0 spiro atoms. The van der Waals surface area contributed by atoms with Gasteiger partial charge in [0.05, 0.1) is 31.0 Å². The summed E-state index contributed by atoms with van der Waals surface area (Å²) in [6, 6.07) is 10.9. The van der Waals surface area contributed by atoms with E-state index < -0.39 is 5.92 Å². The van der Waals surface area contributed by atoms with Crippen molar-refractivity contribution in [3.05, 3.63) is 52.9 Å². The fourth-order valence-corrected chi connectivity index (χ4v) is 3.26. The molecule has 0 saturated carbocycles. The van der Waals surface area contributed by atoms with Gasteiger partial charge in [0.1, 0.15) is 5.76 Å². The molecule has 1 atom stereocenters. The summed E-state index contributed by atoms with van der Waals surface area (Å²) in [6.45, 7) is 0.417. The Morgan fingerprint density at radius 3 is 2.73 bits per heavy atom. The minimum atomic E-state index is -0.479. The zero-order valence-corrected chi connectivity index (χ0v) is 15.5. The minimum absolute atomic E-state index is 0.112. The fraction of sp³-hybridized carbons (Fsp3) is 0.278. The SMILES string of the molecule is O=C(CNC(=O)C1CC(=O)N(c2ccccc2Br)C1)NCc1ccco1. The maximum atomic E-state index is 12.3. The van der Waals surface area contributed by atoms with Gasteiger partial charge in [-0.25, -0.2) is 0 Å². The Hall–Kier alpha value is -2.61. The monoisotopic (exact) mass is 419 g/mol. The van der Waals surface area contributed by atoms with Crippen LogP contribution in [0.25, 0.3) is 0 Å². The maximum Gasteiger partial charge on any atom is 0.239 e. The molecule has 2 heterocycles. The van der Waals surface area contributed by atoms with Crippen molar-refractivity contribution in [1.29, 1.82) is 0 Å². The number of para-hydroxylation sites is 1. The van der Waals surface area contributed by atoms with E-state index in [0.717, 1.165) is 10.2 Å². The van der Waals surface area contributed by atoms with E-state index >= 15 is 0 Å². The second-order valence-electron chi connectivity index (χ2n) is 5.93. The van der Waals surface area contributed by atoms with Crippen LogP contribution >= 0.6 is 15.9 Å². The number of furan rings is 1. The highest BCUT2D eigenvalue weighted by Crippen LogP contribution is 2.31. The molecule has 1 aliphatic heterocycles. The second-order valence-corrected chi connectivity index (χ2v) is 6.79. The number of anilines is 1. The summed E-state index contributed by atoms with van der Waals surface area (Å²) < 4.78 is 5.92. The first kappa shape index (κ1) is 18.2. The van der Waals surface area contributed by atoms with E-state index in [1.165, 1.54) is 6.26 Å². The Labute approximate surface area is 158 Å². The van der Waals surface area contributed by atoms with Crippen LogP contribution in [0.2, 0.25) is 0 Å². The van der Waals surface area contributed by atoms with Gasteiger partial charge < -0.3 is 20.0 Å². The molecule has 1 saturated heterocycles. The highest BCUT2D eigenvalue weighted by Gasteiger charge is 2.35. The molecule has 3 amide bonds. The lowest BCUT2D eigenvalue weighted by Crippen LogP contribution is -2.40. The van der Waals surface area contributed by atoms with Gasteiger partial charge in [-0.3, -0.25) is 14.4 Å². The summed E-state index contributed by atoms with van der Waals surface area (Å²) >= 11 is 3.42. The van der Waals surface area contributed by atoms with Gasteiger partial charge in [-0.2, -0.15) is 0 Å². The number of benzene rings is 1. The summed E-state index contributed by atoms with van der Waals surface area (Å²) in [7, 11) is 0. The number of amides is 3. The van der Waals surface area contributed by atoms with Crippen LogP contribution in [-0.2, 0) is 20.9 Å². The number of nitrogens with zero attached hydrogens (tertiary/aromatic N) is 1. The summed E-state index contributed by atoms with van der Waals surface area (Å²) in [6.07, 6.45) is 1.65. The van der Waals surface area contributed by atoms with Crippen LogP contribution in [-0.4, -0.2) is 30.8 Å². The van der Waals surface area contributed by atoms with Crippen LogP contribution in [0.4, 0.5) is 5.69 Å². The number of halogens is 1. The third-order valence-electron chi connectivity index (χ3n) is 4.10. The molecule has 3 rings (SSSR count). The van der Waals surface area contributed by atoms with E-state index in [-0.39, 0.29) is 37.2 Å². The quantitative estimate of drug-likeness (QED) is 0.746. The minimum Gasteiger partial charge on any atom is -0.467 e. The lowest BCUT2D eigenvalue weighted by atomic mass is 10.1. The molecule has 1 aromatic heterocycles. The number of nitrogens with one attached hydrogen (secondary N) is 2. The summed E-state index contributed by atoms with van der Waals surface area (Å²) in [5.41, 5.74) is 0.740. The first-order chi connectivity index (χ1) is 12.5. The van der Waals surface area contributed by atoms with Crippen LogP contribution in [0.5, 0.6) is 0 Å². The van der Waals surface area contributed by atoms with E-state index in [4.69, 9.17) is 4.42 Å². The lowest BCUT2D eigenvalue weighted by molar-refractivity contribution is -0.129. The van der Waals surface area contributed by atoms with Crippen LogP contribution in [0.15, 0.2) is 51.6 Å². The lowest BCUT2D eigenvalue weighted by Gasteiger charge is -2.18. The predicted molar refractivity (Wildman–Crippen MR) is 98.2 cm³/mol. The fourth-order valence-electron chi connectivity index (χ4n) is 2.76. The molecule has 2 N–H and O–H groups in total. The Balaban J connectivity index is 1.49. The largest absolute Gasteiger partial charge is 0.467 e. The predicted octanol–water partition coefficient (Wildman–Crippen LogP) is 1.83. The molecule has 26 heavy (non-hydrogen) atoms. The molecule has 136 valence electrons. The summed E-state index contributed by atoms with van der Waals surface area (Å²) in [5.74, 6) is -0.579. The molecule has 2 aromatic rings. The number of hydrogen-bond acceptors (Lipinski definition) is 4. The van der Waals surface area contributed by atoms with Crippen molar-refractivity contribution in [3.8, 4) is 0 Å². The van der Waals surface area contributed by atoms with Crippen LogP contribution in [0.1, 0.15) is 12.2 Å². The molecular formula is C18H18BrN3O4. The van der Waals surface area contributed by atoms with Gasteiger partial charge in [-0.1, -0.05) is 12.1 Å². The van der Waals surface area contributed by atoms with Crippen molar-refractivity contribution < 1.29 is 18.8 Å². The third kappa shape index (κ3) is 4.32. The Kier molecular flexibility index (Phi) is 5.72. The Morgan fingerprint density at radius 1 is 1.19 bits per heavy atom. The van der Waals surface area contributed by atoms with E-state index in [2.05, 4.69) is 26.6 Å². The highest BCUT2D eigenvalue weighted by molar-refractivity contribution is 9.10. The van der Waals surface area contributed by atoms with E-state index in [0.29, 0.717) is 12.3 Å². The molecular weight excluding hydrogens is 402 g/mol. The average molecular weight is 420 g/mol. The van der Waals surface area contributed by atoms with E-state index in [9.17, 15) is 14.4 Å². The Morgan fingerprint density at radius 2 is 2.00 bits per heavy atom. The van der Waals surface area contributed by atoms with Crippen LogP contribution in [0, 0.1) is 5.92 Å². The highest BCUT2D eigenvalue weighted by atomic mass is 79.9. The zero-order chi connectivity index (χ0) is 18.5. The van der Waals surface area contributed by atoms with Gasteiger partial charge in [0.15, 0.2) is 0 Å². The standard InChI is InChI=1S/C18H18BrN3O4/c19-14-5-1-2-6-15(14)22-11-12(8-17(22)24)18(25)21-10-16(23)20-9-13-4-3-7-26-13/h1-7,12H,8-11H2,(H,20,23)(H,21,25). The molecule has 0 aliphatic carbocycles. The molecule has 1 fully saturated rings. The zero-order valence-electron chi connectivity index (χ0n) is 13.9. The topological polar surface area (TPSA) is 91.7 Å². The first-order valence-corrected chi connectivity index (χ1v) is 8.95. The van der Waals surface area contributed by atoms with Crippen molar-refractivity contribution in [3.63, 3.8) is 0 Å². The van der Waals surface area contributed by atoms with Gasteiger partial charge in [-0.15, -0.1) is 0 Å². The molecule has 1 aliphatic rings. The van der Waals surface area contributed by atoms with Crippen molar-refractivity contribution in [2.45, 2.75) is 13.0 Å². The van der Waals surface area contributed by atoms with Gasteiger partial charge in [0, 0.05) is 17.4 Å². The van der Waals surface area contributed by atoms with Crippen molar-refractivity contribution in [1.82, 2.24) is 10.6 Å². The molecule has 0 radical (unpaired) electrons. The van der Waals surface area contributed by atoms with Crippen LogP contribution < -0.4 is 15.5 Å². The number of carbonyl (C=O) groups is 3. The maximum absolute atomic E-state index is 12.3. The molecule has 1 unspecified atom stereocenters. The number of carbonyl (C=O) groups excluding carboxylic acids is 3. The van der Waals surface area contributed by atoms with Crippen LogP contribution in [0.3, 0.4) is 0 Å². The molecule has 0 bridgehead atoms. The smallest absolute Gasteiger partial charge is 0.239 e. The first-order valence-electron chi connectivity index (χ1n) is 8.16. The third-order valence-corrected chi connectivity index (χ3v) is 4.77. The van der Waals surface area contributed by atoms with Gasteiger partial charge in [0.25, 0.3) is 0 Å². The summed E-state index contributed by atoms with van der Waals surface area (Å²) in [5, 5.41) is 5.24. The van der Waals surface area contributed by atoms with E-state index in [1.54, 1.807) is 17.0 Å². The van der Waals surface area contributed by atoms with Crippen molar-refractivity contribution >= 4 is 39.3 Å². The number of rotatable bonds is 6. The van der Waals surface area contributed by atoms with Crippen molar-refractivity contribution in [2.24, 2.45) is 5.92 Å². The molecule has 7 nitrogen and oxygen atoms in total. The van der Waals surface area contributed by atoms with Gasteiger partial charge in [0.2, 0.25) is 17.7 Å². The van der Waals surface area contributed by atoms with Gasteiger partial charge in [-0.05, 0) is 40.2 Å². The average Bonchev–Trinajstić information content (AvgIpc) is 3.28. The van der Waals surface area contributed by atoms with E-state index in [1.807, 2.05) is 24.3 Å². The number of hydrogen-bond donors (Lipinski definition) is 2. The Bertz CT molecular complexity index is 807. The normalized spacial score (nSPS) is 16.6.